The number of aliphatic hydroxyl groups is 1. The number of hydrogen-bond donors (Lipinski definition) is 8. The van der Waals surface area contributed by atoms with Gasteiger partial charge in [0.25, 0.3) is 0 Å². The fourth-order valence-electron chi connectivity index (χ4n) is 2.66. The summed E-state index contributed by atoms with van der Waals surface area (Å²) in [6.07, 6.45) is 2.33. The molecule has 10 nitrogen and oxygen atoms in total. The van der Waals surface area contributed by atoms with Gasteiger partial charge >= 0.3 is 11.9 Å². The minimum Gasteiger partial charge on any atom is -0.480 e. The molecule has 0 aliphatic rings. The molecule has 10 heteroatoms. The minimum atomic E-state index is -1.21. The molecular formula is C34H81N5O5. The molecule has 0 aliphatic carbocycles. The molecule has 44 heavy (non-hydrogen) atoms. The van der Waals surface area contributed by atoms with E-state index in [0.29, 0.717) is 5.92 Å². The zero-order chi connectivity index (χ0) is 36.8. The molecule has 3 unspecified atom stereocenters. The van der Waals surface area contributed by atoms with E-state index in [1.54, 1.807) is 27.7 Å². The van der Waals surface area contributed by atoms with E-state index in [-0.39, 0.29) is 17.4 Å². The molecule has 272 valence electrons. The molecule has 0 rings (SSSR count). The second kappa shape index (κ2) is 34.6. The molecule has 0 heterocycles. The van der Waals surface area contributed by atoms with Crippen molar-refractivity contribution in [1.82, 2.24) is 5.32 Å². The molecule has 0 aliphatic heterocycles. The number of nitrogens with two attached hydrogens (primary N) is 4. The summed E-state index contributed by atoms with van der Waals surface area (Å²) in [5.41, 5.74) is 21.5. The monoisotopic (exact) mass is 640 g/mol. The van der Waals surface area contributed by atoms with Crippen LogP contribution in [0.15, 0.2) is 0 Å². The van der Waals surface area contributed by atoms with Crippen molar-refractivity contribution in [3.63, 3.8) is 0 Å². The van der Waals surface area contributed by atoms with Crippen LogP contribution in [0.5, 0.6) is 0 Å². The van der Waals surface area contributed by atoms with E-state index >= 15 is 0 Å². The van der Waals surface area contributed by atoms with Crippen molar-refractivity contribution in [1.29, 1.82) is 0 Å². The molecule has 0 aromatic heterocycles. The Bertz CT molecular complexity index is 583. The first-order valence-corrected chi connectivity index (χ1v) is 16.5. The van der Waals surface area contributed by atoms with Crippen LogP contribution in [-0.4, -0.2) is 71.6 Å². The van der Waals surface area contributed by atoms with Gasteiger partial charge in [-0.1, -0.05) is 90.0 Å². The summed E-state index contributed by atoms with van der Waals surface area (Å²) in [4.78, 5) is 19.9. The Labute approximate surface area is 273 Å². The number of carboxylic acid groups (broad SMARTS) is 2. The fraction of sp³-hybridized carbons (Fsp3) is 0.941. The molecule has 0 spiro atoms. The Hall–Kier alpha value is -1.30. The van der Waals surface area contributed by atoms with Crippen LogP contribution in [0.1, 0.15) is 123 Å². The van der Waals surface area contributed by atoms with Crippen molar-refractivity contribution >= 4 is 11.9 Å². The molecule has 0 fully saturated rings. The number of rotatable bonds is 13. The van der Waals surface area contributed by atoms with Crippen LogP contribution < -0.4 is 28.3 Å². The molecule has 0 amide bonds. The first-order valence-electron chi connectivity index (χ1n) is 16.5. The Morgan fingerprint density at radius 3 is 1.14 bits per heavy atom. The van der Waals surface area contributed by atoms with Crippen LogP contribution in [-0.2, 0) is 9.59 Å². The van der Waals surface area contributed by atoms with Crippen molar-refractivity contribution in [2.45, 2.75) is 141 Å². The van der Waals surface area contributed by atoms with Gasteiger partial charge in [-0.3, -0.25) is 4.79 Å². The Kier molecular flexibility index (Phi) is 43.3. The quantitative estimate of drug-likeness (QED) is 0.129. The molecule has 3 atom stereocenters. The predicted molar refractivity (Wildman–Crippen MR) is 192 cm³/mol. The molecule has 0 aromatic rings. The lowest BCUT2D eigenvalue weighted by atomic mass is 9.94. The van der Waals surface area contributed by atoms with Crippen LogP contribution in [0.4, 0.5) is 0 Å². The third kappa shape index (κ3) is 60.0. The average Bonchev–Trinajstić information content (AvgIpc) is 2.85. The highest BCUT2D eigenvalue weighted by atomic mass is 16.4. The summed E-state index contributed by atoms with van der Waals surface area (Å²) in [5, 5.41) is 28.0. The minimum absolute atomic E-state index is 0.0208. The Balaban J connectivity index is -0.0000000987. The lowest BCUT2D eigenvalue weighted by Crippen LogP contribution is -2.34. The lowest BCUT2D eigenvalue weighted by molar-refractivity contribution is -0.148. The summed E-state index contributed by atoms with van der Waals surface area (Å²) < 4.78 is 0. The third-order valence-electron chi connectivity index (χ3n) is 6.05. The first-order chi connectivity index (χ1) is 19.7. The van der Waals surface area contributed by atoms with Gasteiger partial charge < -0.3 is 43.6 Å². The predicted octanol–water partition coefficient (Wildman–Crippen LogP) is 5.39. The number of carboxylic acids is 2. The van der Waals surface area contributed by atoms with Gasteiger partial charge in [0.1, 0.15) is 6.04 Å². The van der Waals surface area contributed by atoms with Crippen LogP contribution in [0.2, 0.25) is 0 Å². The van der Waals surface area contributed by atoms with E-state index in [2.05, 4.69) is 81.5 Å². The molecule has 0 radical (unpaired) electrons. The first kappa shape index (κ1) is 55.1. The second-order valence-electron chi connectivity index (χ2n) is 14.4. The van der Waals surface area contributed by atoms with Crippen LogP contribution in [0.3, 0.4) is 0 Å². The van der Waals surface area contributed by atoms with E-state index in [1.807, 2.05) is 7.05 Å². The molecule has 0 saturated carbocycles. The zero-order valence-corrected chi connectivity index (χ0v) is 31.9. The van der Waals surface area contributed by atoms with Crippen LogP contribution >= 0.6 is 0 Å². The van der Waals surface area contributed by atoms with E-state index < -0.39 is 24.1 Å². The van der Waals surface area contributed by atoms with Gasteiger partial charge in [0, 0.05) is 5.54 Å². The highest BCUT2D eigenvalue weighted by Crippen LogP contribution is 2.11. The number of carbonyl (C=O) groups is 2. The van der Waals surface area contributed by atoms with Crippen molar-refractivity contribution in [2.24, 2.45) is 64.4 Å². The molecule has 0 saturated heterocycles. The summed E-state index contributed by atoms with van der Waals surface area (Å²) in [6.45, 7) is 33.5. The second-order valence-corrected chi connectivity index (χ2v) is 14.4. The molecule has 0 bridgehead atoms. The van der Waals surface area contributed by atoms with Crippen LogP contribution in [0.25, 0.3) is 0 Å². The molecule has 0 aromatic carbocycles. The summed E-state index contributed by atoms with van der Waals surface area (Å²) in [7, 11) is 1.99. The Morgan fingerprint density at radius 1 is 0.705 bits per heavy atom. The van der Waals surface area contributed by atoms with Crippen LogP contribution in [0, 0.1) is 41.4 Å². The number of nitrogens with one attached hydrogen (secondary N) is 1. The smallest absolute Gasteiger partial charge is 0.332 e. The van der Waals surface area contributed by atoms with Crippen molar-refractivity contribution in [3.8, 4) is 0 Å². The Morgan fingerprint density at radius 2 is 1.11 bits per heavy atom. The maximum Gasteiger partial charge on any atom is 0.332 e. The van der Waals surface area contributed by atoms with Crippen molar-refractivity contribution < 1.29 is 24.9 Å². The zero-order valence-electron chi connectivity index (χ0n) is 31.9. The normalized spacial score (nSPS) is 12.8. The number of aliphatic hydroxyl groups excluding tert-OH is 1. The third-order valence-corrected chi connectivity index (χ3v) is 6.05. The van der Waals surface area contributed by atoms with E-state index in [0.717, 1.165) is 56.1 Å². The van der Waals surface area contributed by atoms with Gasteiger partial charge in [-0.25, -0.2) is 4.79 Å². The fourth-order valence-corrected chi connectivity index (χ4v) is 2.66. The lowest BCUT2D eigenvalue weighted by Gasteiger charge is -2.20. The standard InChI is InChI=1S/C7H17N.2C6H15N.C5H11NO2.C5H13N.C5H10O3/c1-6(2)5-7(3,4)8;1-6(2)4-5-7-3;1-5(2)6(3)4-7;1-3(2)4(6)5(7)8;1-5(2)3-4-6;1-3(2)4(6)5(7)8/h6H,5,8H2,1-4H3;6-7H,4-5H2,1-3H3;5-6H,4,7H2,1-3H3;3-4H,6H2,1-2H3,(H,7,8);5H,3-4,6H2,1-2H3;3-4,6H,1-2H3,(H,7,8). The molecule has 12 N–H and O–H groups in total. The maximum absolute atomic E-state index is 10.0. The highest BCUT2D eigenvalue weighted by molar-refractivity contribution is 5.73. The van der Waals surface area contributed by atoms with E-state index in [9.17, 15) is 9.59 Å². The van der Waals surface area contributed by atoms with Gasteiger partial charge in [0.15, 0.2) is 6.10 Å². The summed E-state index contributed by atoms with van der Waals surface area (Å²) >= 11 is 0. The SMILES string of the molecule is CC(C)C(C)CN.CC(C)C(N)C(=O)O.CC(C)C(O)C(=O)O.CC(C)CC(C)(C)N.CC(C)CCN.CNCCC(C)C. The number of hydrogen-bond acceptors (Lipinski definition) is 8. The highest BCUT2D eigenvalue weighted by Gasteiger charge is 2.16. The van der Waals surface area contributed by atoms with E-state index in [1.165, 1.54) is 6.42 Å². The van der Waals surface area contributed by atoms with Gasteiger partial charge in [-0.2, -0.15) is 0 Å². The van der Waals surface area contributed by atoms with Gasteiger partial charge in [0.05, 0.1) is 0 Å². The maximum atomic E-state index is 10.0. The summed E-state index contributed by atoms with van der Waals surface area (Å²) in [6, 6.07) is -0.713. The van der Waals surface area contributed by atoms with Gasteiger partial charge in [0.2, 0.25) is 0 Å². The average molecular weight is 640 g/mol. The number of aliphatic carboxylic acids is 2. The van der Waals surface area contributed by atoms with Crippen molar-refractivity contribution in [2.75, 3.05) is 26.7 Å². The van der Waals surface area contributed by atoms with E-state index in [4.69, 9.17) is 38.3 Å². The van der Waals surface area contributed by atoms with Gasteiger partial charge in [-0.15, -0.1) is 0 Å². The van der Waals surface area contributed by atoms with Gasteiger partial charge in [-0.05, 0) is 101 Å². The molecular weight excluding hydrogens is 558 g/mol. The summed E-state index contributed by atoms with van der Waals surface area (Å²) in [5.74, 6) is 1.49. The topological polar surface area (TPSA) is 211 Å². The largest absolute Gasteiger partial charge is 0.480 e. The van der Waals surface area contributed by atoms with Crippen molar-refractivity contribution in [3.05, 3.63) is 0 Å².